The van der Waals surface area contributed by atoms with Crippen molar-refractivity contribution in [3.05, 3.63) is 45.1 Å². The molecule has 2 aromatic heterocycles. The molecule has 1 saturated heterocycles. The molecule has 31 heavy (non-hydrogen) atoms. The minimum absolute atomic E-state index is 0.000564. The van der Waals surface area contributed by atoms with Crippen LogP contribution in [0.25, 0.3) is 10.2 Å². The van der Waals surface area contributed by atoms with Gasteiger partial charge >= 0.3 is 0 Å². The first-order valence-corrected chi connectivity index (χ1v) is 12.7. The molecular formula is C23H26N4O2S2. The zero-order valence-corrected chi connectivity index (χ0v) is 19.3. The average Bonchev–Trinajstić information content (AvgIpc) is 3.37. The normalized spacial score (nSPS) is 16.0. The van der Waals surface area contributed by atoms with Crippen molar-refractivity contribution in [1.29, 1.82) is 0 Å². The fourth-order valence-corrected chi connectivity index (χ4v) is 6.54. The molecule has 2 aliphatic rings. The highest BCUT2D eigenvalue weighted by atomic mass is 32.2. The smallest absolute Gasteiger partial charge is 0.262 e. The largest absolute Gasteiger partial charge is 0.372 e. The van der Waals surface area contributed by atoms with Gasteiger partial charge in [0.25, 0.3) is 5.56 Å². The van der Waals surface area contributed by atoms with Gasteiger partial charge in [-0.25, -0.2) is 4.98 Å². The number of carbonyl (C=O) groups is 1. The van der Waals surface area contributed by atoms with Crippen LogP contribution in [0.2, 0.25) is 0 Å². The number of amides is 1. The Hall–Kier alpha value is -2.32. The molecule has 0 bridgehead atoms. The van der Waals surface area contributed by atoms with E-state index in [2.05, 4.69) is 22.3 Å². The third-order valence-electron chi connectivity index (χ3n) is 6.11. The predicted octanol–water partition coefficient (Wildman–Crippen LogP) is 4.20. The summed E-state index contributed by atoms with van der Waals surface area (Å²) >= 11 is 2.94. The number of nitrogens with zero attached hydrogens (tertiary/aromatic N) is 3. The van der Waals surface area contributed by atoms with Gasteiger partial charge in [0.1, 0.15) is 4.83 Å². The Kier molecular flexibility index (Phi) is 5.75. The van der Waals surface area contributed by atoms with Crippen LogP contribution in [0, 0.1) is 0 Å². The molecule has 8 heteroatoms. The van der Waals surface area contributed by atoms with E-state index in [1.54, 1.807) is 23.0 Å². The maximum atomic E-state index is 12.9. The van der Waals surface area contributed by atoms with E-state index in [-0.39, 0.29) is 17.2 Å². The lowest BCUT2D eigenvalue weighted by Gasteiger charge is -2.28. The quantitative estimate of drug-likeness (QED) is 0.462. The summed E-state index contributed by atoms with van der Waals surface area (Å²) < 4.78 is 1.58. The molecule has 6 nitrogen and oxygen atoms in total. The van der Waals surface area contributed by atoms with Crippen molar-refractivity contribution in [2.24, 2.45) is 7.05 Å². The summed E-state index contributed by atoms with van der Waals surface area (Å²) in [6.07, 6.45) is 6.93. The molecule has 1 aliphatic heterocycles. The van der Waals surface area contributed by atoms with E-state index in [1.165, 1.54) is 47.2 Å². The molecule has 0 unspecified atom stereocenters. The lowest BCUT2D eigenvalue weighted by Crippen LogP contribution is -2.29. The van der Waals surface area contributed by atoms with Crippen LogP contribution in [0.3, 0.4) is 0 Å². The van der Waals surface area contributed by atoms with Gasteiger partial charge < -0.3 is 10.2 Å². The van der Waals surface area contributed by atoms with Crippen LogP contribution in [-0.2, 0) is 24.7 Å². The molecule has 1 fully saturated rings. The first-order valence-electron chi connectivity index (χ1n) is 10.9. The number of nitrogens with one attached hydrogen (secondary N) is 1. The van der Waals surface area contributed by atoms with Crippen molar-refractivity contribution < 1.29 is 4.79 Å². The Morgan fingerprint density at radius 3 is 2.68 bits per heavy atom. The zero-order valence-electron chi connectivity index (χ0n) is 17.6. The topological polar surface area (TPSA) is 67.2 Å². The van der Waals surface area contributed by atoms with Gasteiger partial charge in [-0.1, -0.05) is 11.8 Å². The lowest BCUT2D eigenvalue weighted by atomic mass is 10.1. The molecule has 0 atom stereocenters. The summed E-state index contributed by atoms with van der Waals surface area (Å²) in [7, 11) is 1.74. The van der Waals surface area contributed by atoms with E-state index in [4.69, 9.17) is 4.98 Å². The highest BCUT2D eigenvalue weighted by molar-refractivity contribution is 7.99. The molecule has 0 saturated carbocycles. The number of carbonyl (C=O) groups excluding carboxylic acids is 1. The lowest BCUT2D eigenvalue weighted by molar-refractivity contribution is -0.113. The third-order valence-corrected chi connectivity index (χ3v) is 8.33. The van der Waals surface area contributed by atoms with Crippen LogP contribution in [-0.4, -0.2) is 34.3 Å². The van der Waals surface area contributed by atoms with Crippen molar-refractivity contribution in [3.63, 3.8) is 0 Å². The second-order valence-corrected chi connectivity index (χ2v) is 10.3. The van der Waals surface area contributed by atoms with Crippen LogP contribution in [0.5, 0.6) is 0 Å². The molecule has 1 N–H and O–H groups in total. The predicted molar refractivity (Wildman–Crippen MR) is 129 cm³/mol. The van der Waals surface area contributed by atoms with E-state index in [9.17, 15) is 9.59 Å². The number of fused-ring (bicyclic) bond motifs is 3. The van der Waals surface area contributed by atoms with Crippen LogP contribution in [0.4, 0.5) is 11.4 Å². The molecule has 0 spiro atoms. The summed E-state index contributed by atoms with van der Waals surface area (Å²) in [5.41, 5.74) is 3.19. The molecule has 162 valence electrons. The van der Waals surface area contributed by atoms with Crippen LogP contribution in [0.1, 0.15) is 36.1 Å². The van der Waals surface area contributed by atoms with Crippen molar-refractivity contribution in [3.8, 4) is 0 Å². The Morgan fingerprint density at radius 2 is 1.90 bits per heavy atom. The molecule has 3 heterocycles. The standard InChI is InChI=1S/C23H26N4O2S2/c1-26-22(29)20-17-6-5-7-18(17)31-21(20)25-23(26)30-14-19(28)24-15-8-10-16(11-9-15)27-12-3-2-4-13-27/h8-11H,2-7,12-14H2,1H3,(H,24,28). The van der Waals surface area contributed by atoms with Crippen molar-refractivity contribution in [2.75, 3.05) is 29.1 Å². The fraction of sp³-hybridized carbons (Fsp3) is 0.435. The number of aromatic nitrogens is 2. The minimum atomic E-state index is -0.0984. The Morgan fingerprint density at radius 1 is 1.13 bits per heavy atom. The Balaban J connectivity index is 1.24. The highest BCUT2D eigenvalue weighted by Crippen LogP contribution is 2.35. The number of thiophene rings is 1. The SMILES string of the molecule is Cn1c(SCC(=O)Nc2ccc(N3CCCCC3)cc2)nc2sc3c(c2c1=O)CCC3. The maximum absolute atomic E-state index is 12.9. The number of benzene rings is 1. The number of aryl methyl sites for hydroxylation is 2. The average molecular weight is 455 g/mol. The second-order valence-electron chi connectivity index (χ2n) is 8.23. The van der Waals surface area contributed by atoms with E-state index >= 15 is 0 Å². The first kappa shape index (κ1) is 20.6. The molecule has 1 aromatic carbocycles. The van der Waals surface area contributed by atoms with Gasteiger partial charge in [0.2, 0.25) is 5.91 Å². The Bertz CT molecular complexity index is 1180. The van der Waals surface area contributed by atoms with Gasteiger partial charge in [-0.15, -0.1) is 11.3 Å². The van der Waals surface area contributed by atoms with Crippen molar-refractivity contribution >= 4 is 50.6 Å². The number of hydrogen-bond donors (Lipinski definition) is 1. The minimum Gasteiger partial charge on any atom is -0.372 e. The molecule has 5 rings (SSSR count). The van der Waals surface area contributed by atoms with Gasteiger partial charge in [0.05, 0.1) is 11.1 Å². The summed E-state index contributed by atoms with van der Waals surface area (Å²) in [5, 5.41) is 4.33. The van der Waals surface area contributed by atoms with Gasteiger partial charge in [-0.2, -0.15) is 0 Å². The Labute approximate surface area is 189 Å². The number of piperidine rings is 1. The summed E-state index contributed by atoms with van der Waals surface area (Å²) in [5.74, 6) is 0.115. The highest BCUT2D eigenvalue weighted by Gasteiger charge is 2.22. The number of rotatable bonds is 5. The summed E-state index contributed by atoms with van der Waals surface area (Å²) in [6, 6.07) is 8.06. The molecule has 3 aromatic rings. The maximum Gasteiger partial charge on any atom is 0.262 e. The van der Waals surface area contributed by atoms with Crippen LogP contribution >= 0.6 is 23.1 Å². The first-order chi connectivity index (χ1) is 15.1. The molecule has 1 aliphatic carbocycles. The molecule has 0 radical (unpaired) electrons. The van der Waals surface area contributed by atoms with Crippen molar-refractivity contribution in [2.45, 2.75) is 43.7 Å². The third kappa shape index (κ3) is 4.11. The van der Waals surface area contributed by atoms with Crippen LogP contribution < -0.4 is 15.8 Å². The van der Waals surface area contributed by atoms with E-state index in [0.29, 0.717) is 5.16 Å². The number of anilines is 2. The van der Waals surface area contributed by atoms with Gasteiger partial charge in [-0.05, 0) is 68.4 Å². The van der Waals surface area contributed by atoms with Crippen LogP contribution in [0.15, 0.2) is 34.2 Å². The molecular weight excluding hydrogens is 428 g/mol. The zero-order chi connectivity index (χ0) is 21.4. The monoisotopic (exact) mass is 454 g/mol. The van der Waals surface area contributed by atoms with Gasteiger partial charge in [0.15, 0.2) is 5.16 Å². The van der Waals surface area contributed by atoms with Crippen molar-refractivity contribution in [1.82, 2.24) is 9.55 Å². The second kappa shape index (κ2) is 8.67. The van der Waals surface area contributed by atoms with E-state index < -0.39 is 0 Å². The van der Waals surface area contributed by atoms with Gasteiger partial charge in [-0.3, -0.25) is 14.2 Å². The molecule has 1 amide bonds. The fourth-order valence-electron chi connectivity index (χ4n) is 4.47. The number of hydrogen-bond acceptors (Lipinski definition) is 6. The van der Waals surface area contributed by atoms with Gasteiger partial charge in [0, 0.05) is 36.4 Å². The number of thioether (sulfide) groups is 1. The summed E-state index contributed by atoms with van der Waals surface area (Å²) in [4.78, 5) is 34.6. The summed E-state index contributed by atoms with van der Waals surface area (Å²) in [6.45, 7) is 2.21. The van der Waals surface area contributed by atoms with E-state index in [1.807, 2.05) is 12.1 Å². The van der Waals surface area contributed by atoms with E-state index in [0.717, 1.165) is 48.3 Å².